The van der Waals surface area contributed by atoms with Gasteiger partial charge < -0.3 is 10.0 Å². The number of carboxylic acids is 1. The molecule has 0 bridgehead atoms. The first-order valence-electron chi connectivity index (χ1n) is 5.86. The van der Waals surface area contributed by atoms with Gasteiger partial charge in [0.2, 0.25) is 5.91 Å². The standard InChI is InChI=1S/C11H19NO4S/c1-8(17(16)9(2)11(14)15)10(13)12-6-4-3-5-7-12/h8-9H,3-7H2,1-2H3,(H,14,15). The molecule has 0 radical (unpaired) electrons. The van der Waals surface area contributed by atoms with E-state index in [1.165, 1.54) is 6.92 Å². The maximum absolute atomic E-state index is 12.0. The van der Waals surface area contributed by atoms with E-state index in [0.717, 1.165) is 19.3 Å². The second-order valence-electron chi connectivity index (χ2n) is 4.34. The predicted octanol–water partition coefficient (Wildman–Crippen LogP) is 0.609. The molecule has 1 amide bonds. The van der Waals surface area contributed by atoms with E-state index in [1.807, 2.05) is 0 Å². The van der Waals surface area contributed by atoms with E-state index in [0.29, 0.717) is 13.1 Å². The van der Waals surface area contributed by atoms with Crippen LogP contribution in [0.1, 0.15) is 33.1 Å². The number of aliphatic carboxylic acids is 1. The van der Waals surface area contributed by atoms with E-state index in [4.69, 9.17) is 5.11 Å². The highest BCUT2D eigenvalue weighted by molar-refractivity contribution is 7.87. The summed E-state index contributed by atoms with van der Waals surface area (Å²) in [6.45, 7) is 4.31. The van der Waals surface area contributed by atoms with E-state index in [1.54, 1.807) is 11.8 Å². The van der Waals surface area contributed by atoms with Crippen molar-refractivity contribution in [1.82, 2.24) is 4.90 Å². The van der Waals surface area contributed by atoms with Gasteiger partial charge in [0.1, 0.15) is 10.5 Å². The van der Waals surface area contributed by atoms with Gasteiger partial charge in [-0.1, -0.05) is 0 Å². The van der Waals surface area contributed by atoms with Crippen LogP contribution in [0.25, 0.3) is 0 Å². The number of amides is 1. The van der Waals surface area contributed by atoms with E-state index in [-0.39, 0.29) is 5.91 Å². The van der Waals surface area contributed by atoms with Crippen molar-refractivity contribution in [3.8, 4) is 0 Å². The number of carbonyl (C=O) groups is 2. The molecular formula is C11H19NO4S. The lowest BCUT2D eigenvalue weighted by atomic mass is 10.1. The fourth-order valence-electron chi connectivity index (χ4n) is 1.88. The van der Waals surface area contributed by atoms with Crippen LogP contribution in [-0.4, -0.2) is 49.7 Å². The summed E-state index contributed by atoms with van der Waals surface area (Å²) in [4.78, 5) is 24.4. The van der Waals surface area contributed by atoms with Crippen molar-refractivity contribution >= 4 is 22.7 Å². The molecule has 1 saturated heterocycles. The first-order chi connectivity index (χ1) is 7.95. The number of hydrogen-bond acceptors (Lipinski definition) is 3. The Kier molecular flexibility index (Phi) is 5.11. The molecule has 6 heteroatoms. The molecule has 0 aromatic carbocycles. The van der Waals surface area contributed by atoms with E-state index in [9.17, 15) is 13.8 Å². The van der Waals surface area contributed by atoms with Crippen molar-refractivity contribution in [2.24, 2.45) is 0 Å². The van der Waals surface area contributed by atoms with E-state index < -0.39 is 27.3 Å². The molecule has 0 aliphatic carbocycles. The van der Waals surface area contributed by atoms with Crippen LogP contribution in [0.4, 0.5) is 0 Å². The maximum Gasteiger partial charge on any atom is 0.319 e. The summed E-state index contributed by atoms with van der Waals surface area (Å²) in [7, 11) is -1.66. The number of carbonyl (C=O) groups excluding carboxylic acids is 1. The zero-order chi connectivity index (χ0) is 13.0. The van der Waals surface area contributed by atoms with Crippen molar-refractivity contribution in [2.75, 3.05) is 13.1 Å². The monoisotopic (exact) mass is 261 g/mol. The Morgan fingerprint density at radius 2 is 1.65 bits per heavy atom. The fourth-order valence-corrected chi connectivity index (χ4v) is 3.04. The SMILES string of the molecule is CC(C(=O)O)S(=O)C(C)C(=O)N1CCCCC1. The number of rotatable bonds is 4. The minimum atomic E-state index is -1.66. The number of piperidine rings is 1. The first kappa shape index (κ1) is 14.2. The number of likely N-dealkylation sites (tertiary alicyclic amines) is 1. The number of hydrogen-bond donors (Lipinski definition) is 1. The highest BCUT2D eigenvalue weighted by Gasteiger charge is 2.31. The van der Waals surface area contributed by atoms with Crippen LogP contribution in [0.15, 0.2) is 0 Å². The second-order valence-corrected chi connectivity index (χ2v) is 6.41. The molecule has 0 aromatic heterocycles. The molecule has 1 rings (SSSR count). The topological polar surface area (TPSA) is 74.7 Å². The van der Waals surface area contributed by atoms with Gasteiger partial charge in [-0.15, -0.1) is 0 Å². The normalized spacial score (nSPS) is 21.6. The smallest absolute Gasteiger partial charge is 0.319 e. The van der Waals surface area contributed by atoms with E-state index in [2.05, 4.69) is 0 Å². The number of nitrogens with zero attached hydrogens (tertiary/aromatic N) is 1. The van der Waals surface area contributed by atoms with Crippen LogP contribution < -0.4 is 0 Å². The van der Waals surface area contributed by atoms with Crippen LogP contribution in [0.2, 0.25) is 0 Å². The minimum absolute atomic E-state index is 0.184. The predicted molar refractivity (Wildman–Crippen MR) is 65.1 cm³/mol. The van der Waals surface area contributed by atoms with E-state index >= 15 is 0 Å². The summed E-state index contributed by atoms with van der Waals surface area (Å²) in [5.74, 6) is -1.31. The Hall–Kier alpha value is -0.910. The lowest BCUT2D eigenvalue weighted by Crippen LogP contribution is -2.44. The molecular weight excluding hydrogens is 242 g/mol. The Balaban J connectivity index is 2.62. The molecule has 3 unspecified atom stereocenters. The fraction of sp³-hybridized carbons (Fsp3) is 0.818. The largest absolute Gasteiger partial charge is 0.480 e. The highest BCUT2D eigenvalue weighted by atomic mass is 32.2. The molecule has 1 N–H and O–H groups in total. The molecule has 3 atom stereocenters. The van der Waals surface area contributed by atoms with Crippen LogP contribution in [0.5, 0.6) is 0 Å². The first-order valence-corrected chi connectivity index (χ1v) is 7.13. The molecule has 0 aromatic rings. The maximum atomic E-state index is 12.0. The highest BCUT2D eigenvalue weighted by Crippen LogP contribution is 2.13. The Labute approximate surface area is 104 Å². The average Bonchev–Trinajstić information content (AvgIpc) is 2.36. The summed E-state index contributed by atoms with van der Waals surface area (Å²) in [6.07, 6.45) is 3.06. The third kappa shape index (κ3) is 3.52. The van der Waals surface area contributed by atoms with Crippen LogP contribution >= 0.6 is 0 Å². The van der Waals surface area contributed by atoms with Gasteiger partial charge in [0.15, 0.2) is 0 Å². The van der Waals surface area contributed by atoms with Crippen molar-refractivity contribution in [3.63, 3.8) is 0 Å². The quantitative estimate of drug-likeness (QED) is 0.804. The van der Waals surface area contributed by atoms with Gasteiger partial charge in [0.05, 0.1) is 0 Å². The lowest BCUT2D eigenvalue weighted by molar-refractivity contribution is -0.136. The molecule has 0 spiro atoms. The van der Waals surface area contributed by atoms with Crippen molar-refractivity contribution in [2.45, 2.75) is 43.6 Å². The zero-order valence-corrected chi connectivity index (χ0v) is 11.0. The third-order valence-corrected chi connectivity index (χ3v) is 4.86. The third-order valence-electron chi connectivity index (χ3n) is 3.06. The molecule has 0 saturated carbocycles. The summed E-state index contributed by atoms with van der Waals surface area (Å²) in [6, 6.07) is 0. The Morgan fingerprint density at radius 1 is 1.12 bits per heavy atom. The molecule has 1 fully saturated rings. The molecule has 17 heavy (non-hydrogen) atoms. The number of carboxylic acid groups (broad SMARTS) is 1. The molecule has 1 heterocycles. The van der Waals surface area contributed by atoms with Gasteiger partial charge >= 0.3 is 5.97 Å². The van der Waals surface area contributed by atoms with Crippen LogP contribution in [0, 0.1) is 0 Å². The van der Waals surface area contributed by atoms with Gasteiger partial charge in [-0.3, -0.25) is 13.8 Å². The van der Waals surface area contributed by atoms with Gasteiger partial charge in [0.25, 0.3) is 0 Å². The second kappa shape index (κ2) is 6.14. The van der Waals surface area contributed by atoms with Crippen molar-refractivity contribution in [1.29, 1.82) is 0 Å². The van der Waals surface area contributed by atoms with Crippen LogP contribution in [0.3, 0.4) is 0 Å². The van der Waals surface area contributed by atoms with Crippen molar-refractivity contribution < 1.29 is 18.9 Å². The van der Waals surface area contributed by atoms with Gasteiger partial charge in [-0.2, -0.15) is 0 Å². The average molecular weight is 261 g/mol. The molecule has 1 aliphatic rings. The lowest BCUT2D eigenvalue weighted by Gasteiger charge is -2.29. The van der Waals surface area contributed by atoms with Gasteiger partial charge in [-0.05, 0) is 33.1 Å². The molecule has 98 valence electrons. The summed E-state index contributed by atoms with van der Waals surface area (Å²) >= 11 is 0. The summed E-state index contributed by atoms with van der Waals surface area (Å²) in [5.41, 5.74) is 0. The molecule has 1 aliphatic heterocycles. The van der Waals surface area contributed by atoms with Gasteiger partial charge in [-0.25, -0.2) is 0 Å². The van der Waals surface area contributed by atoms with Crippen molar-refractivity contribution in [3.05, 3.63) is 0 Å². The Bertz CT molecular complexity index is 325. The van der Waals surface area contributed by atoms with Gasteiger partial charge in [0, 0.05) is 23.9 Å². The zero-order valence-electron chi connectivity index (χ0n) is 10.2. The molecule has 5 nitrogen and oxygen atoms in total. The summed E-state index contributed by atoms with van der Waals surface area (Å²) in [5, 5.41) is 7.04. The van der Waals surface area contributed by atoms with Crippen LogP contribution in [-0.2, 0) is 20.4 Å². The Morgan fingerprint density at radius 3 is 2.12 bits per heavy atom. The minimum Gasteiger partial charge on any atom is -0.480 e. The summed E-state index contributed by atoms with van der Waals surface area (Å²) < 4.78 is 11.9.